The van der Waals surface area contributed by atoms with Gasteiger partial charge in [0.15, 0.2) is 0 Å². The first kappa shape index (κ1) is 98.8. The van der Waals surface area contributed by atoms with Gasteiger partial charge in [0, 0.05) is 0 Å². The van der Waals surface area contributed by atoms with E-state index in [2.05, 4.69) is 28.1 Å². The summed E-state index contributed by atoms with van der Waals surface area (Å²) in [7, 11) is -2.07. The molecule has 0 atom stereocenters. The van der Waals surface area contributed by atoms with E-state index in [1.54, 1.807) is 43.7 Å². The van der Waals surface area contributed by atoms with Crippen LogP contribution in [-0.2, 0) is 96.4 Å². The Labute approximate surface area is 430 Å². The average Bonchev–Trinajstić information content (AvgIpc) is 3.25. The van der Waals surface area contributed by atoms with Gasteiger partial charge in [-0.2, -0.15) is 0 Å². The van der Waals surface area contributed by atoms with E-state index in [4.69, 9.17) is 31.4 Å². The van der Waals surface area contributed by atoms with Gasteiger partial charge in [0.25, 0.3) is 0 Å². The number of carbonyl (C=O) groups is 3. The van der Waals surface area contributed by atoms with Crippen molar-refractivity contribution in [1.29, 1.82) is 0 Å². The molecule has 11 heteroatoms. The van der Waals surface area contributed by atoms with Gasteiger partial charge in [-0.25, -0.2) is 0 Å². The standard InChI is InChI=1S/C8H9O.C7H8Br.C7H9O.C5H11O2P.C5H5O.8C2H6.CH4.4W/c1-3-4-5-6-7-8(2)9;2*1-2-3-4-5-6-7-8;1-5(6)4-8(2,3)7;1-2-3-4-5-6;8*1-2;;;;;/h1,3,6-7H,4H2,2H3;1-2,5-6H,3,7H2;1-2,5-6,8H,3,7H2;4H2,1-3H3;1-2,5H,3H2;8*1-2H3;1H4;;;;/q3*-1;;-1;;;;;;;;;;;;;/b7-6-;2*6-5-;;;;;;;;;;;;;;;. The van der Waals surface area contributed by atoms with Gasteiger partial charge in [0.05, 0.1) is 13.3 Å². The minimum absolute atomic E-state index is 0. The second-order valence-corrected chi connectivity index (χ2v) is 19.9. The number of hydrogen-bond acceptors (Lipinski definition) is 5. The predicted molar refractivity (Wildman–Crippen MR) is 272 cm³/mol. The van der Waals surface area contributed by atoms with Crippen LogP contribution < -0.4 is 0 Å². The predicted octanol–water partition coefficient (Wildman–Crippen LogP) is 14.2. The van der Waals surface area contributed by atoms with Crippen LogP contribution in [0.25, 0.3) is 0 Å². The Kier molecular flexibility index (Phi) is 185. The number of carbonyl (C=O) groups excluding carboxylic acids is 3. The summed E-state index contributed by atoms with van der Waals surface area (Å²) in [4.78, 5) is 30.5. The van der Waals surface area contributed by atoms with Gasteiger partial charge in [-0.05, 0) is 20.3 Å². The third-order valence-electron chi connectivity index (χ3n) is 3.32. The maximum atomic E-state index is 10.8. The number of alkyl halides is 1. The number of allylic oxidation sites excluding steroid dienone is 9. The molecule has 5 nitrogen and oxygen atoms in total. The number of ketones is 2. The van der Waals surface area contributed by atoms with Crippen molar-refractivity contribution in [2.24, 2.45) is 0 Å². The number of rotatable bonds is 17. The normalized spacial score (nSPS) is 7.77. The van der Waals surface area contributed by atoms with Crippen LogP contribution in [-0.4, -0.2) is 70.0 Å². The van der Waals surface area contributed by atoms with Crippen LogP contribution in [0.5, 0.6) is 0 Å². The Morgan fingerprint density at radius 2 is 0.817 bits per heavy atom. The molecule has 0 aliphatic heterocycles. The molecule has 0 unspecified atom stereocenters. The Balaban J connectivity index is -0.0000000337. The molecule has 0 aliphatic rings. The minimum atomic E-state index is -2.07. The first-order chi connectivity index (χ1) is 28.0. The third-order valence-corrected chi connectivity index (χ3v) is 9.11. The molecule has 0 radical (unpaired) electrons. The summed E-state index contributed by atoms with van der Waals surface area (Å²) in [6.45, 7) is 58.9. The molecule has 0 fully saturated rings. The van der Waals surface area contributed by atoms with E-state index in [0.717, 1.165) is 34.8 Å². The van der Waals surface area contributed by atoms with Crippen LogP contribution in [0.2, 0.25) is 0 Å². The van der Waals surface area contributed by atoms with Crippen molar-refractivity contribution in [2.45, 2.75) is 158 Å². The van der Waals surface area contributed by atoms with Crippen molar-refractivity contribution in [3.8, 4) is 0 Å². The maximum absolute atomic E-state index is 10.8. The summed E-state index contributed by atoms with van der Waals surface area (Å²) < 4.78 is 15.4. The molecule has 0 saturated heterocycles. The number of hydrogen-bond donors (Lipinski definition) is 1. The number of Topliss-reactive ketones (excluding diaryl/α,β-unsaturated/α-hetero) is 1. The molecule has 0 saturated carbocycles. The van der Waals surface area contributed by atoms with Gasteiger partial charge in [0.2, 0.25) is 0 Å². The number of aliphatic hydroxyl groups excluding tert-OH is 1. The molecule has 60 heavy (non-hydrogen) atoms. The monoisotopic (exact) mass is 1610 g/mol. The van der Waals surface area contributed by atoms with Crippen molar-refractivity contribution >= 4 is 56.5 Å². The van der Waals surface area contributed by atoms with Crippen molar-refractivity contribution in [3.05, 3.63) is 87.1 Å². The number of aldehydes is 1. The second kappa shape index (κ2) is 113. The fraction of sp³-hybridized carbons (Fsp3) is 0.571. The fourth-order valence-electron chi connectivity index (χ4n) is 1.82. The molecule has 0 aromatic carbocycles. The van der Waals surface area contributed by atoms with E-state index in [-0.39, 0.29) is 31.8 Å². The van der Waals surface area contributed by atoms with Crippen molar-refractivity contribution in [1.82, 2.24) is 0 Å². The van der Waals surface area contributed by atoms with E-state index in [0.29, 0.717) is 6.42 Å². The topological polar surface area (TPSA) is 88.5 Å². The van der Waals surface area contributed by atoms with Crippen LogP contribution in [0.3, 0.4) is 0 Å². The van der Waals surface area contributed by atoms with Crippen LogP contribution in [0.1, 0.15) is 158 Å². The van der Waals surface area contributed by atoms with Gasteiger partial charge in [-0.15, -0.1) is 0 Å². The third kappa shape index (κ3) is 184. The van der Waals surface area contributed by atoms with Crippen molar-refractivity contribution in [2.75, 3.05) is 31.4 Å². The number of aliphatic hydroxyl groups is 1. The van der Waals surface area contributed by atoms with E-state index in [9.17, 15) is 18.9 Å². The fourth-order valence-corrected chi connectivity index (χ4v) is 5.40. The average molecular weight is 1610 g/mol. The Morgan fingerprint density at radius 3 is 0.983 bits per heavy atom. The van der Waals surface area contributed by atoms with Gasteiger partial charge < -0.3 is 4.57 Å². The Hall–Kier alpha value is 0.0932. The van der Waals surface area contributed by atoms with E-state index in [1.807, 2.05) is 123 Å². The molecule has 1 N–H and O–H groups in total. The van der Waals surface area contributed by atoms with E-state index >= 15 is 0 Å². The summed E-state index contributed by atoms with van der Waals surface area (Å²) in [5, 5.41) is 9.28. The van der Waals surface area contributed by atoms with Gasteiger partial charge in [0.1, 0.15) is 5.78 Å². The summed E-state index contributed by atoms with van der Waals surface area (Å²) >= 11 is 8.74. The molecule has 0 aromatic rings. The van der Waals surface area contributed by atoms with Crippen LogP contribution in [0, 0.1) is 26.3 Å². The van der Waals surface area contributed by atoms with Gasteiger partial charge >= 0.3 is 267 Å². The molecular formula is C49H94BrO5PW4-4. The Bertz CT molecular complexity index is 1030. The quantitative estimate of drug-likeness (QED) is 0.0515. The zero-order chi connectivity index (χ0) is 50.7. The molecule has 0 aromatic heterocycles. The van der Waals surface area contributed by atoms with E-state index in [1.165, 1.54) is 109 Å². The molecule has 360 valence electrons. The van der Waals surface area contributed by atoms with Crippen LogP contribution in [0.15, 0.2) is 60.8 Å². The van der Waals surface area contributed by atoms with Crippen molar-refractivity contribution < 1.29 is 101 Å². The summed E-state index contributed by atoms with van der Waals surface area (Å²) in [5.74, 6) is 0.0918. The van der Waals surface area contributed by atoms with Crippen LogP contribution in [0.4, 0.5) is 0 Å². The summed E-state index contributed by atoms with van der Waals surface area (Å²) in [6, 6.07) is 0. The zero-order valence-electron chi connectivity index (χ0n) is 41.1. The van der Waals surface area contributed by atoms with Gasteiger partial charge in [-0.1, -0.05) is 118 Å². The Morgan fingerprint density at radius 1 is 0.550 bits per heavy atom. The molecule has 0 heterocycles. The molecule has 0 aliphatic carbocycles. The summed E-state index contributed by atoms with van der Waals surface area (Å²) in [5.41, 5.74) is 0. The second-order valence-electron chi connectivity index (χ2n) is 8.26. The molecule has 0 rings (SSSR count). The van der Waals surface area contributed by atoms with E-state index < -0.39 is 7.14 Å². The zero-order valence-corrected chi connectivity index (χ0v) is 55.4. The molecule has 0 bridgehead atoms. The summed E-state index contributed by atoms with van der Waals surface area (Å²) in [6.07, 6.45) is 21.8. The van der Waals surface area contributed by atoms with Crippen LogP contribution >= 0.6 is 23.1 Å². The first-order valence-electron chi connectivity index (χ1n) is 20.4. The van der Waals surface area contributed by atoms with Crippen molar-refractivity contribution in [3.63, 3.8) is 0 Å². The molecular weight excluding hydrogens is 1510 g/mol. The molecule has 0 spiro atoms. The molecule has 0 amide bonds. The van der Waals surface area contributed by atoms with Gasteiger partial charge in [-0.3, -0.25) is 4.79 Å². The SMILES string of the molecule is C.CC.CC.CC.CC.CC.CC.CC.CC.CC(=O)CP(C)(C)=O.[CH-]=CC[C](=[W])/C=C\C(C)=O.[CH-]=CC[C](=[W])/C=C\CBr.[CH-]=CC[C](=[W])/C=C\CO.[CH-]=CC[C](=[W])C=O. The number of halogens is 1. The first-order valence-corrected chi connectivity index (χ1v) is 30.2.